The highest BCUT2D eigenvalue weighted by Crippen LogP contribution is 2.29. The molecule has 2 aromatic rings. The van der Waals surface area contributed by atoms with E-state index in [2.05, 4.69) is 10.4 Å². The molecule has 28 heavy (non-hydrogen) atoms. The Bertz CT molecular complexity index is 948. The molecule has 2 aromatic heterocycles. The van der Waals surface area contributed by atoms with Crippen molar-refractivity contribution in [2.24, 2.45) is 0 Å². The fourth-order valence-electron chi connectivity index (χ4n) is 3.69. The fraction of sp³-hybridized carbons (Fsp3) is 0.579. The second kappa shape index (κ2) is 7.61. The lowest BCUT2D eigenvalue weighted by molar-refractivity contribution is 0.0924. The Morgan fingerprint density at radius 3 is 2.39 bits per heavy atom. The van der Waals surface area contributed by atoms with Crippen LogP contribution in [0, 0.1) is 13.8 Å². The summed E-state index contributed by atoms with van der Waals surface area (Å²) in [7, 11) is -3.62. The minimum absolute atomic E-state index is 0.0154. The molecule has 154 valence electrons. The van der Waals surface area contributed by atoms with Gasteiger partial charge in [0.2, 0.25) is 10.0 Å². The Balaban J connectivity index is 1.72. The molecule has 3 rings (SSSR count). The summed E-state index contributed by atoms with van der Waals surface area (Å²) < 4.78 is 29.8. The first-order chi connectivity index (χ1) is 13.0. The van der Waals surface area contributed by atoms with Crippen molar-refractivity contribution in [2.75, 3.05) is 13.1 Å². The molecule has 0 aliphatic carbocycles. The van der Waals surface area contributed by atoms with Crippen LogP contribution < -0.4 is 5.32 Å². The van der Waals surface area contributed by atoms with Crippen LogP contribution in [0.2, 0.25) is 0 Å². The third-order valence-electron chi connectivity index (χ3n) is 5.03. The monoisotopic (exact) mass is 424 g/mol. The molecule has 0 unspecified atom stereocenters. The van der Waals surface area contributed by atoms with Crippen LogP contribution in [0.25, 0.3) is 0 Å². The topological polar surface area (TPSA) is 84.3 Å². The lowest BCUT2D eigenvalue weighted by Crippen LogP contribution is -2.46. The SMILES string of the molecule is Cc1nn(C(C)(C)C)c(C)c1S(=O)(=O)N1CCC(NC(=O)c2ccsc2)CC1. The molecule has 0 aromatic carbocycles. The Labute approximate surface area is 170 Å². The minimum Gasteiger partial charge on any atom is -0.349 e. The van der Waals surface area contributed by atoms with Crippen LogP contribution in [0.4, 0.5) is 0 Å². The van der Waals surface area contributed by atoms with E-state index in [1.165, 1.54) is 15.6 Å². The van der Waals surface area contributed by atoms with Gasteiger partial charge in [-0.05, 0) is 58.9 Å². The maximum Gasteiger partial charge on any atom is 0.252 e. The molecule has 0 saturated carbocycles. The molecule has 0 atom stereocenters. The van der Waals surface area contributed by atoms with Gasteiger partial charge in [-0.25, -0.2) is 8.42 Å². The van der Waals surface area contributed by atoms with E-state index in [1.807, 2.05) is 38.5 Å². The molecule has 1 N–H and O–H groups in total. The third-order valence-corrected chi connectivity index (χ3v) is 7.87. The van der Waals surface area contributed by atoms with Crippen molar-refractivity contribution in [2.45, 2.75) is 63.9 Å². The first-order valence-corrected chi connectivity index (χ1v) is 11.8. The molecule has 0 radical (unpaired) electrons. The number of carbonyl (C=O) groups is 1. The molecule has 1 aliphatic rings. The van der Waals surface area contributed by atoms with E-state index >= 15 is 0 Å². The van der Waals surface area contributed by atoms with Crippen LogP contribution in [0.5, 0.6) is 0 Å². The second-order valence-electron chi connectivity index (χ2n) is 8.25. The normalized spacial score (nSPS) is 17.0. The number of sulfonamides is 1. The Morgan fingerprint density at radius 2 is 1.89 bits per heavy atom. The molecule has 1 amide bonds. The number of nitrogens with one attached hydrogen (secondary N) is 1. The van der Waals surface area contributed by atoms with Crippen LogP contribution in [0.15, 0.2) is 21.7 Å². The van der Waals surface area contributed by atoms with Crippen molar-refractivity contribution < 1.29 is 13.2 Å². The third kappa shape index (κ3) is 4.01. The number of rotatable bonds is 4. The van der Waals surface area contributed by atoms with E-state index in [4.69, 9.17) is 0 Å². The zero-order chi connectivity index (χ0) is 20.7. The average molecular weight is 425 g/mol. The summed E-state index contributed by atoms with van der Waals surface area (Å²) in [4.78, 5) is 12.5. The summed E-state index contributed by atoms with van der Waals surface area (Å²) in [6.07, 6.45) is 1.20. The van der Waals surface area contributed by atoms with Crippen molar-refractivity contribution in [3.63, 3.8) is 0 Å². The average Bonchev–Trinajstić information content (AvgIpc) is 3.23. The van der Waals surface area contributed by atoms with E-state index in [1.54, 1.807) is 17.7 Å². The van der Waals surface area contributed by atoms with Gasteiger partial charge in [0, 0.05) is 30.1 Å². The summed E-state index contributed by atoms with van der Waals surface area (Å²) in [5, 5.41) is 11.2. The maximum absolute atomic E-state index is 13.3. The van der Waals surface area contributed by atoms with Gasteiger partial charge in [-0.1, -0.05) is 0 Å². The molecule has 1 saturated heterocycles. The second-order valence-corrected chi connectivity index (χ2v) is 10.9. The van der Waals surface area contributed by atoms with Gasteiger partial charge in [-0.15, -0.1) is 0 Å². The fourth-order valence-corrected chi connectivity index (χ4v) is 6.15. The van der Waals surface area contributed by atoms with Crippen molar-refractivity contribution in [1.29, 1.82) is 0 Å². The van der Waals surface area contributed by atoms with Gasteiger partial charge in [0.05, 0.1) is 16.9 Å². The van der Waals surface area contributed by atoms with E-state index in [-0.39, 0.29) is 17.5 Å². The van der Waals surface area contributed by atoms with Gasteiger partial charge in [-0.3, -0.25) is 9.48 Å². The van der Waals surface area contributed by atoms with Gasteiger partial charge >= 0.3 is 0 Å². The summed E-state index contributed by atoms with van der Waals surface area (Å²) in [5.41, 5.74) is 1.56. The summed E-state index contributed by atoms with van der Waals surface area (Å²) in [5.74, 6) is -0.0966. The molecule has 0 spiro atoms. The number of hydrogen-bond donors (Lipinski definition) is 1. The Hall–Kier alpha value is -1.71. The summed E-state index contributed by atoms with van der Waals surface area (Å²) >= 11 is 1.48. The van der Waals surface area contributed by atoms with Gasteiger partial charge in [-0.2, -0.15) is 20.7 Å². The standard InChI is InChI=1S/C19H28N4O3S2/c1-13-17(14(2)23(21-13)19(3,4)5)28(25,26)22-9-6-16(7-10-22)20-18(24)15-8-11-27-12-15/h8,11-12,16H,6-7,9-10H2,1-5H3,(H,20,24). The van der Waals surface area contributed by atoms with E-state index < -0.39 is 10.0 Å². The minimum atomic E-state index is -3.62. The Kier molecular flexibility index (Phi) is 5.71. The largest absolute Gasteiger partial charge is 0.349 e. The lowest BCUT2D eigenvalue weighted by Gasteiger charge is -2.31. The van der Waals surface area contributed by atoms with Crippen molar-refractivity contribution in [3.8, 4) is 0 Å². The number of carbonyl (C=O) groups excluding carboxylic acids is 1. The summed E-state index contributed by atoms with van der Waals surface area (Å²) in [6, 6.07) is 1.77. The number of aromatic nitrogens is 2. The highest BCUT2D eigenvalue weighted by molar-refractivity contribution is 7.89. The lowest BCUT2D eigenvalue weighted by atomic mass is 10.1. The first-order valence-electron chi connectivity index (χ1n) is 9.41. The van der Waals surface area contributed by atoms with Crippen LogP contribution in [-0.4, -0.2) is 47.5 Å². The predicted molar refractivity (Wildman–Crippen MR) is 110 cm³/mol. The highest BCUT2D eigenvalue weighted by Gasteiger charge is 2.35. The molecule has 7 nitrogen and oxygen atoms in total. The van der Waals surface area contributed by atoms with Crippen molar-refractivity contribution >= 4 is 27.3 Å². The highest BCUT2D eigenvalue weighted by atomic mass is 32.2. The number of hydrogen-bond acceptors (Lipinski definition) is 5. The van der Waals surface area contributed by atoms with Crippen LogP contribution in [0.3, 0.4) is 0 Å². The number of amides is 1. The quantitative estimate of drug-likeness (QED) is 0.818. The first kappa shape index (κ1) is 21.0. The van der Waals surface area contributed by atoms with E-state index in [0.29, 0.717) is 47.8 Å². The predicted octanol–water partition coefficient (Wildman–Crippen LogP) is 2.90. The van der Waals surface area contributed by atoms with Crippen molar-refractivity contribution in [3.05, 3.63) is 33.8 Å². The molecule has 9 heteroatoms. The van der Waals surface area contributed by atoms with Gasteiger partial charge in [0.1, 0.15) is 4.90 Å². The maximum atomic E-state index is 13.3. The van der Waals surface area contributed by atoms with Gasteiger partial charge in [0.15, 0.2) is 0 Å². The molecule has 1 aliphatic heterocycles. The number of nitrogens with zero attached hydrogens (tertiary/aromatic N) is 3. The molecular weight excluding hydrogens is 396 g/mol. The van der Waals surface area contributed by atoms with Gasteiger partial charge in [0.25, 0.3) is 5.91 Å². The Morgan fingerprint density at radius 1 is 1.25 bits per heavy atom. The van der Waals surface area contributed by atoms with Crippen molar-refractivity contribution in [1.82, 2.24) is 19.4 Å². The van der Waals surface area contributed by atoms with Gasteiger partial charge < -0.3 is 5.32 Å². The van der Waals surface area contributed by atoms with Crippen LogP contribution >= 0.6 is 11.3 Å². The number of aryl methyl sites for hydroxylation is 1. The van der Waals surface area contributed by atoms with E-state index in [0.717, 1.165) is 0 Å². The number of thiophene rings is 1. The molecule has 3 heterocycles. The molecular formula is C19H28N4O3S2. The smallest absolute Gasteiger partial charge is 0.252 e. The molecule has 0 bridgehead atoms. The van der Waals surface area contributed by atoms with E-state index in [9.17, 15) is 13.2 Å². The zero-order valence-electron chi connectivity index (χ0n) is 17.0. The number of piperidine rings is 1. The van der Waals surface area contributed by atoms with Crippen LogP contribution in [0.1, 0.15) is 55.4 Å². The summed E-state index contributed by atoms with van der Waals surface area (Å²) in [6.45, 7) is 10.3. The zero-order valence-corrected chi connectivity index (χ0v) is 18.7. The molecule has 1 fully saturated rings. The van der Waals surface area contributed by atoms with Crippen LogP contribution in [-0.2, 0) is 15.6 Å².